The lowest BCUT2D eigenvalue weighted by Gasteiger charge is -2.09. The van der Waals surface area contributed by atoms with Crippen molar-refractivity contribution >= 4 is 0 Å². The predicted octanol–water partition coefficient (Wildman–Crippen LogP) is 2.98. The van der Waals surface area contributed by atoms with Crippen molar-refractivity contribution in [3.63, 3.8) is 0 Å². The average molecular weight is 229 g/mol. The van der Waals surface area contributed by atoms with Crippen LogP contribution in [-0.4, -0.2) is 12.1 Å². The minimum atomic E-state index is 0.445. The summed E-state index contributed by atoms with van der Waals surface area (Å²) in [5, 5.41) is 0. The zero-order valence-corrected chi connectivity index (χ0v) is 10.0. The summed E-state index contributed by atoms with van der Waals surface area (Å²) >= 11 is 0. The number of para-hydroxylation sites is 2. The monoisotopic (exact) mass is 229 g/mol. The first kappa shape index (κ1) is 11.5. The molecule has 0 aliphatic rings. The van der Waals surface area contributed by atoms with E-state index in [-0.39, 0.29) is 0 Å². The van der Waals surface area contributed by atoms with Gasteiger partial charge in [-0.05, 0) is 30.7 Å². The van der Waals surface area contributed by atoms with Gasteiger partial charge in [0.1, 0.15) is 6.61 Å². The van der Waals surface area contributed by atoms with Crippen LogP contribution in [0.1, 0.15) is 11.3 Å². The van der Waals surface area contributed by atoms with Crippen molar-refractivity contribution < 1.29 is 9.47 Å². The maximum absolute atomic E-state index is 5.67. The topological polar surface area (TPSA) is 31.4 Å². The molecule has 0 saturated heterocycles. The number of nitrogens with zero attached hydrogens (tertiary/aromatic N) is 1. The van der Waals surface area contributed by atoms with Crippen molar-refractivity contribution in [3.05, 3.63) is 53.9 Å². The lowest BCUT2D eigenvalue weighted by Crippen LogP contribution is -1.99. The van der Waals surface area contributed by atoms with E-state index >= 15 is 0 Å². The number of hydrogen-bond acceptors (Lipinski definition) is 3. The van der Waals surface area contributed by atoms with Gasteiger partial charge < -0.3 is 9.47 Å². The number of rotatable bonds is 4. The summed E-state index contributed by atoms with van der Waals surface area (Å²) in [7, 11) is 1.63. The van der Waals surface area contributed by atoms with E-state index in [1.54, 1.807) is 7.11 Å². The highest BCUT2D eigenvalue weighted by molar-refractivity contribution is 5.39. The van der Waals surface area contributed by atoms with E-state index in [0.717, 1.165) is 22.8 Å². The molecule has 3 heteroatoms. The van der Waals surface area contributed by atoms with Crippen molar-refractivity contribution in [2.75, 3.05) is 7.11 Å². The number of aromatic nitrogens is 1. The second kappa shape index (κ2) is 5.34. The van der Waals surface area contributed by atoms with E-state index in [0.29, 0.717) is 6.61 Å². The summed E-state index contributed by atoms with van der Waals surface area (Å²) in [4.78, 5) is 4.28. The molecule has 3 nitrogen and oxygen atoms in total. The average Bonchev–Trinajstić information content (AvgIpc) is 2.38. The maximum atomic E-state index is 5.67. The molecule has 0 saturated carbocycles. The van der Waals surface area contributed by atoms with Gasteiger partial charge in [-0.25, -0.2) is 0 Å². The van der Waals surface area contributed by atoms with Crippen LogP contribution >= 0.6 is 0 Å². The first-order valence-electron chi connectivity index (χ1n) is 5.47. The summed E-state index contributed by atoms with van der Waals surface area (Å²) in [6.07, 6.45) is 1.83. The van der Waals surface area contributed by atoms with Gasteiger partial charge in [-0.15, -0.1) is 0 Å². The minimum Gasteiger partial charge on any atom is -0.493 e. The maximum Gasteiger partial charge on any atom is 0.161 e. The SMILES string of the molecule is COc1ccccc1OCc1ccc(C)cn1. The fourth-order valence-corrected chi connectivity index (χ4v) is 1.47. The van der Waals surface area contributed by atoms with E-state index < -0.39 is 0 Å². The zero-order valence-electron chi connectivity index (χ0n) is 10.0. The highest BCUT2D eigenvalue weighted by Crippen LogP contribution is 2.26. The van der Waals surface area contributed by atoms with Crippen LogP contribution in [0.2, 0.25) is 0 Å². The van der Waals surface area contributed by atoms with E-state index in [2.05, 4.69) is 4.98 Å². The number of methoxy groups -OCH3 is 1. The Balaban J connectivity index is 2.04. The Morgan fingerprint density at radius 3 is 2.47 bits per heavy atom. The third-order valence-electron chi connectivity index (χ3n) is 2.42. The van der Waals surface area contributed by atoms with Crippen LogP contribution in [-0.2, 0) is 6.61 Å². The summed E-state index contributed by atoms with van der Waals surface area (Å²) in [5.74, 6) is 1.47. The number of pyridine rings is 1. The number of hydrogen-bond donors (Lipinski definition) is 0. The molecule has 0 aliphatic heterocycles. The Labute approximate surface area is 101 Å². The highest BCUT2D eigenvalue weighted by atomic mass is 16.5. The van der Waals surface area contributed by atoms with Gasteiger partial charge in [-0.1, -0.05) is 18.2 Å². The van der Waals surface area contributed by atoms with Crippen molar-refractivity contribution in [1.29, 1.82) is 0 Å². The number of ether oxygens (including phenoxy) is 2. The lowest BCUT2D eigenvalue weighted by molar-refractivity contribution is 0.280. The van der Waals surface area contributed by atoms with Crippen LogP contribution in [0, 0.1) is 6.92 Å². The number of aryl methyl sites for hydroxylation is 1. The molecule has 1 heterocycles. The van der Waals surface area contributed by atoms with Crippen LogP contribution in [0.5, 0.6) is 11.5 Å². The molecule has 2 aromatic rings. The fourth-order valence-electron chi connectivity index (χ4n) is 1.47. The molecule has 2 rings (SSSR count). The molecule has 0 aliphatic carbocycles. The minimum absolute atomic E-state index is 0.445. The van der Waals surface area contributed by atoms with E-state index in [4.69, 9.17) is 9.47 Å². The molecule has 0 radical (unpaired) electrons. The van der Waals surface area contributed by atoms with Crippen LogP contribution in [0.15, 0.2) is 42.6 Å². The molecule has 0 atom stereocenters. The molecule has 0 fully saturated rings. The molecule has 0 N–H and O–H groups in total. The van der Waals surface area contributed by atoms with Gasteiger partial charge in [0.05, 0.1) is 12.8 Å². The predicted molar refractivity (Wildman–Crippen MR) is 66.3 cm³/mol. The molecule has 88 valence electrons. The van der Waals surface area contributed by atoms with Crippen LogP contribution in [0.25, 0.3) is 0 Å². The Kier molecular flexibility index (Phi) is 3.60. The summed E-state index contributed by atoms with van der Waals surface area (Å²) < 4.78 is 10.9. The van der Waals surface area contributed by atoms with Gasteiger partial charge in [-0.2, -0.15) is 0 Å². The lowest BCUT2D eigenvalue weighted by atomic mass is 10.3. The van der Waals surface area contributed by atoms with Gasteiger partial charge in [0.15, 0.2) is 11.5 Å². The standard InChI is InChI=1S/C14H15NO2/c1-11-7-8-12(15-9-11)10-17-14-6-4-3-5-13(14)16-2/h3-9H,10H2,1-2H3. The van der Waals surface area contributed by atoms with Gasteiger partial charge in [-0.3, -0.25) is 4.98 Å². The van der Waals surface area contributed by atoms with Crippen molar-refractivity contribution in [2.24, 2.45) is 0 Å². The third-order valence-corrected chi connectivity index (χ3v) is 2.42. The second-order valence-electron chi connectivity index (χ2n) is 3.77. The summed E-state index contributed by atoms with van der Waals surface area (Å²) in [5.41, 5.74) is 2.05. The molecular formula is C14H15NO2. The van der Waals surface area contributed by atoms with Crippen LogP contribution < -0.4 is 9.47 Å². The van der Waals surface area contributed by atoms with Crippen molar-refractivity contribution in [2.45, 2.75) is 13.5 Å². The first-order chi connectivity index (χ1) is 8.29. The second-order valence-corrected chi connectivity index (χ2v) is 3.77. The smallest absolute Gasteiger partial charge is 0.161 e. The van der Waals surface area contributed by atoms with Gasteiger partial charge >= 0.3 is 0 Å². The molecule has 0 spiro atoms. The normalized spacial score (nSPS) is 10.0. The molecular weight excluding hydrogens is 214 g/mol. The van der Waals surface area contributed by atoms with Gasteiger partial charge in [0.25, 0.3) is 0 Å². The van der Waals surface area contributed by atoms with Crippen LogP contribution in [0.3, 0.4) is 0 Å². The molecule has 0 amide bonds. The third kappa shape index (κ3) is 2.97. The largest absolute Gasteiger partial charge is 0.493 e. The van der Waals surface area contributed by atoms with E-state index in [1.807, 2.05) is 49.5 Å². The Bertz CT molecular complexity index is 480. The zero-order chi connectivity index (χ0) is 12.1. The van der Waals surface area contributed by atoms with Crippen molar-refractivity contribution in [1.82, 2.24) is 4.98 Å². The molecule has 17 heavy (non-hydrogen) atoms. The molecule has 0 bridgehead atoms. The molecule has 1 aromatic carbocycles. The van der Waals surface area contributed by atoms with E-state index in [9.17, 15) is 0 Å². The Hall–Kier alpha value is -2.03. The van der Waals surface area contributed by atoms with Gasteiger partial charge in [0.2, 0.25) is 0 Å². The van der Waals surface area contributed by atoms with E-state index in [1.165, 1.54) is 0 Å². The van der Waals surface area contributed by atoms with Gasteiger partial charge in [0, 0.05) is 6.20 Å². The van der Waals surface area contributed by atoms with Crippen LogP contribution in [0.4, 0.5) is 0 Å². The summed E-state index contributed by atoms with van der Waals surface area (Å²) in [6, 6.07) is 11.6. The molecule has 1 aromatic heterocycles. The first-order valence-corrected chi connectivity index (χ1v) is 5.47. The quantitative estimate of drug-likeness (QED) is 0.807. The fraction of sp³-hybridized carbons (Fsp3) is 0.214. The Morgan fingerprint density at radius 1 is 1.06 bits per heavy atom. The number of benzene rings is 1. The highest BCUT2D eigenvalue weighted by Gasteiger charge is 2.03. The van der Waals surface area contributed by atoms with Crippen molar-refractivity contribution in [3.8, 4) is 11.5 Å². The Morgan fingerprint density at radius 2 is 1.82 bits per heavy atom. The summed E-state index contributed by atoms with van der Waals surface area (Å²) in [6.45, 7) is 2.46. The molecule has 0 unspecified atom stereocenters.